The van der Waals surface area contributed by atoms with Gasteiger partial charge in [0, 0.05) is 19.8 Å². The molecule has 0 bridgehead atoms. The Morgan fingerprint density at radius 2 is 1.55 bits per heavy atom. The van der Waals surface area contributed by atoms with Gasteiger partial charge in [-0.3, -0.25) is 14.5 Å². The van der Waals surface area contributed by atoms with Gasteiger partial charge in [0.2, 0.25) is 23.2 Å². The predicted molar refractivity (Wildman–Crippen MR) is 151 cm³/mol. The van der Waals surface area contributed by atoms with Gasteiger partial charge in [-0.15, -0.1) is 0 Å². The summed E-state index contributed by atoms with van der Waals surface area (Å²) in [6, 6.07) is 0. The maximum Gasteiger partial charge on any atom is 0.343 e. The molecule has 0 aliphatic carbocycles. The van der Waals surface area contributed by atoms with Crippen LogP contribution in [0.3, 0.4) is 0 Å². The first-order chi connectivity index (χ1) is 22.3. The molecule has 3 aliphatic rings. The van der Waals surface area contributed by atoms with Gasteiger partial charge in [-0.2, -0.15) is 0 Å². The van der Waals surface area contributed by atoms with Crippen LogP contribution in [0.4, 0.5) is 11.6 Å². The Morgan fingerprint density at radius 3 is 2.09 bits per heavy atom. The summed E-state index contributed by atoms with van der Waals surface area (Å²) in [7, 11) is 0. The highest BCUT2D eigenvalue weighted by Gasteiger charge is 2.60. The maximum absolute atomic E-state index is 12.1. The molecule has 254 valence electrons. The molecule has 4 aromatic rings. The Morgan fingerprint density at radius 1 is 1.00 bits per heavy atom. The molecule has 0 aromatic carbocycles. The number of fused-ring (bicyclic) bond motifs is 4. The molecular formula is C26H34N10O11. The number of nitrogen functional groups attached to an aromatic ring is 1. The normalized spacial score (nSPS) is 33.3. The van der Waals surface area contributed by atoms with E-state index >= 15 is 0 Å². The number of hydrogen-bond acceptors (Lipinski definition) is 18. The van der Waals surface area contributed by atoms with Gasteiger partial charge in [0.1, 0.15) is 42.8 Å². The summed E-state index contributed by atoms with van der Waals surface area (Å²) in [6.45, 7) is 1.91. The number of hydrogen-bond donors (Lipinski definition) is 8. The molecule has 21 heteroatoms. The number of nitrogens with two attached hydrogens (primary N) is 1. The number of carbonyl (C=O) groups is 1. The van der Waals surface area contributed by atoms with Crippen LogP contribution in [0.25, 0.3) is 22.3 Å². The zero-order valence-electron chi connectivity index (χ0n) is 25.1. The van der Waals surface area contributed by atoms with E-state index in [1.54, 1.807) is 15.5 Å². The lowest BCUT2D eigenvalue weighted by Gasteiger charge is -2.43. The number of aliphatic hydroxyl groups is 6. The first-order valence-corrected chi connectivity index (χ1v) is 14.5. The van der Waals surface area contributed by atoms with Crippen molar-refractivity contribution >= 4 is 39.9 Å². The number of aliphatic hydroxyl groups excluding tert-OH is 5. The zero-order valence-corrected chi connectivity index (χ0v) is 25.1. The third-order valence-electron chi connectivity index (χ3n) is 8.73. The van der Waals surface area contributed by atoms with E-state index in [0.29, 0.717) is 29.0 Å². The van der Waals surface area contributed by atoms with E-state index in [4.69, 9.17) is 20.3 Å². The molecule has 0 amide bonds. The Kier molecular flexibility index (Phi) is 8.44. The van der Waals surface area contributed by atoms with Gasteiger partial charge in [0.25, 0.3) is 5.82 Å². The number of ether oxygens (including phenoxy) is 2. The second-order valence-corrected chi connectivity index (χ2v) is 11.8. The van der Waals surface area contributed by atoms with Crippen LogP contribution in [0.1, 0.15) is 39.1 Å². The molecule has 0 saturated carbocycles. The lowest BCUT2D eigenvalue weighted by Crippen LogP contribution is -2.76. The third kappa shape index (κ3) is 5.30. The number of anilines is 2. The first kappa shape index (κ1) is 32.7. The number of aromatic nitrogens is 8. The van der Waals surface area contributed by atoms with E-state index < -0.39 is 60.2 Å². The summed E-state index contributed by atoms with van der Waals surface area (Å²) in [4.78, 5) is 36.2. The molecule has 4 aromatic heterocycles. The highest BCUT2D eigenvalue weighted by atomic mass is 17.1. The fraction of sp³-hybridized carbons (Fsp3) is 0.577. The SMILES string of the molecule is CC1(C(=O)O[O-])Nc2c3ncn(C4CC(O)C(CO)O4)c3nc[n+]2C(C)(O)C1O.Nc1ncnc2c1ncn2C1CC(O)C(CO)O1. The molecular weight excluding hydrogens is 628 g/mol. The monoisotopic (exact) mass is 662 g/mol. The number of imidazole rings is 2. The maximum atomic E-state index is 12.1. The van der Waals surface area contributed by atoms with Crippen molar-refractivity contribution in [3.63, 3.8) is 0 Å². The Bertz CT molecular complexity index is 1780. The average molecular weight is 663 g/mol. The van der Waals surface area contributed by atoms with Gasteiger partial charge in [-0.25, -0.2) is 29.3 Å². The quantitative estimate of drug-likeness (QED) is 0.0566. The topological polar surface area (TPSA) is 305 Å². The van der Waals surface area contributed by atoms with E-state index in [0.717, 1.165) is 0 Å². The lowest BCUT2D eigenvalue weighted by molar-refractivity contribution is -0.807. The van der Waals surface area contributed by atoms with Crippen molar-refractivity contribution in [2.75, 3.05) is 24.3 Å². The van der Waals surface area contributed by atoms with Crippen LogP contribution in [0.5, 0.6) is 0 Å². The molecule has 9 atom stereocenters. The van der Waals surface area contributed by atoms with Crippen molar-refractivity contribution in [1.29, 1.82) is 0 Å². The molecule has 2 fully saturated rings. The van der Waals surface area contributed by atoms with Crippen molar-refractivity contribution in [3.8, 4) is 0 Å². The minimum absolute atomic E-state index is 0.120. The van der Waals surface area contributed by atoms with E-state index in [-0.39, 0.29) is 31.0 Å². The van der Waals surface area contributed by atoms with Gasteiger partial charge >= 0.3 is 5.97 Å². The van der Waals surface area contributed by atoms with Crippen LogP contribution in [0, 0.1) is 0 Å². The predicted octanol–water partition coefficient (Wildman–Crippen LogP) is -4.56. The summed E-state index contributed by atoms with van der Waals surface area (Å²) in [6.07, 6.45) is 0.449. The van der Waals surface area contributed by atoms with Crippen LogP contribution in [0.15, 0.2) is 25.3 Å². The number of nitrogens with one attached hydrogen (secondary N) is 1. The molecule has 3 aliphatic heterocycles. The summed E-state index contributed by atoms with van der Waals surface area (Å²) >= 11 is 0. The van der Waals surface area contributed by atoms with Crippen molar-refractivity contribution in [1.82, 2.24) is 34.1 Å². The molecule has 9 unspecified atom stereocenters. The van der Waals surface area contributed by atoms with Gasteiger partial charge in [0.15, 0.2) is 23.1 Å². The lowest BCUT2D eigenvalue weighted by atomic mass is 9.85. The fourth-order valence-electron chi connectivity index (χ4n) is 6.03. The van der Waals surface area contributed by atoms with Crippen molar-refractivity contribution < 1.29 is 59.6 Å². The molecule has 21 nitrogen and oxygen atoms in total. The molecule has 2 saturated heterocycles. The number of rotatable bonds is 5. The molecule has 9 N–H and O–H groups in total. The summed E-state index contributed by atoms with van der Waals surface area (Å²) in [5, 5.41) is 72.9. The van der Waals surface area contributed by atoms with Crippen LogP contribution in [-0.2, 0) is 24.9 Å². The minimum Gasteiger partial charge on any atom is -0.661 e. The third-order valence-corrected chi connectivity index (χ3v) is 8.73. The van der Waals surface area contributed by atoms with Crippen molar-refractivity contribution in [3.05, 3.63) is 25.3 Å². The second-order valence-electron chi connectivity index (χ2n) is 11.8. The summed E-state index contributed by atoms with van der Waals surface area (Å²) < 4.78 is 15.6. The molecule has 47 heavy (non-hydrogen) atoms. The zero-order chi connectivity index (χ0) is 33.8. The highest BCUT2D eigenvalue weighted by molar-refractivity contribution is 5.89. The average Bonchev–Trinajstić information content (AvgIpc) is 3.84. The molecule has 7 heterocycles. The second kappa shape index (κ2) is 12.1. The van der Waals surface area contributed by atoms with E-state index in [1.807, 2.05) is 0 Å². The van der Waals surface area contributed by atoms with Gasteiger partial charge in [-0.1, -0.05) is 4.98 Å². The first-order valence-electron chi connectivity index (χ1n) is 14.5. The summed E-state index contributed by atoms with van der Waals surface area (Å²) in [5.41, 5.74) is 3.29. The smallest absolute Gasteiger partial charge is 0.343 e. The van der Waals surface area contributed by atoms with Crippen LogP contribution < -0.4 is 20.9 Å². The highest BCUT2D eigenvalue weighted by Crippen LogP contribution is 2.36. The van der Waals surface area contributed by atoms with Crippen LogP contribution in [-0.4, -0.2) is 120 Å². The van der Waals surface area contributed by atoms with Gasteiger partial charge < -0.3 is 56.0 Å². The van der Waals surface area contributed by atoms with Gasteiger partial charge in [0.05, 0.1) is 31.7 Å². The Labute approximate surface area is 264 Å². The van der Waals surface area contributed by atoms with E-state index in [2.05, 4.69) is 35.1 Å². The standard InChI is InChI=1S/C16H21N5O8.C10H13N5O3/c1-15(14(25)29-27)13(24)16(2,26)21-6-18-11-10(12(21)19-15)17-5-20(11)9-3-7(23)8(4-22)28-9;11-9-8-10(13-3-12-9)15(4-14-8)7-1-5(17)6(2-16)18-7/h5-9,13,22-24,26-27H,3-4H2,1-2H3;3-7,16-17H,1-2H2,(H2,11,12,13). The molecule has 0 spiro atoms. The van der Waals surface area contributed by atoms with Crippen LogP contribution in [0.2, 0.25) is 0 Å². The van der Waals surface area contributed by atoms with Crippen molar-refractivity contribution in [2.45, 2.75) is 80.9 Å². The van der Waals surface area contributed by atoms with Crippen LogP contribution >= 0.6 is 0 Å². The number of carbonyl (C=O) groups excluding carboxylic acids is 1. The largest absolute Gasteiger partial charge is 0.661 e. The minimum atomic E-state index is -2.02. The fourth-order valence-corrected chi connectivity index (χ4v) is 6.03. The number of nitrogens with zero attached hydrogens (tertiary/aromatic N) is 8. The van der Waals surface area contributed by atoms with Gasteiger partial charge in [-0.05, 0) is 6.92 Å². The van der Waals surface area contributed by atoms with Crippen molar-refractivity contribution in [2.24, 2.45) is 0 Å². The Hall–Kier alpha value is -4.19. The van der Waals surface area contributed by atoms with E-state index in [9.17, 15) is 35.6 Å². The molecule has 7 rings (SSSR count). The Balaban J connectivity index is 0.000000183. The van der Waals surface area contributed by atoms with E-state index in [1.165, 1.54) is 37.4 Å². The molecule has 0 radical (unpaired) electrons. The summed E-state index contributed by atoms with van der Waals surface area (Å²) in [5.74, 6) is -0.890.